The molecule has 4 heteroatoms. The van der Waals surface area contributed by atoms with Crippen molar-refractivity contribution in [1.82, 2.24) is 0 Å². The highest BCUT2D eigenvalue weighted by atomic mass is 79.9. The van der Waals surface area contributed by atoms with Crippen LogP contribution in [0.4, 0.5) is 5.69 Å². The fraction of sp³-hybridized carbons (Fsp3) is 0.259. The predicted molar refractivity (Wildman–Crippen MR) is 133 cm³/mol. The molecule has 0 aliphatic heterocycles. The summed E-state index contributed by atoms with van der Waals surface area (Å²) >= 11 is 3.47. The molecule has 3 aromatic carbocycles. The van der Waals surface area contributed by atoms with Gasteiger partial charge in [-0.15, -0.1) is 6.58 Å². The third-order valence-electron chi connectivity index (χ3n) is 5.01. The summed E-state index contributed by atoms with van der Waals surface area (Å²) in [4.78, 5) is 0. The van der Waals surface area contributed by atoms with E-state index in [0.717, 1.165) is 51.2 Å². The van der Waals surface area contributed by atoms with Crippen LogP contribution in [0.25, 0.3) is 0 Å². The molecule has 0 fully saturated rings. The van der Waals surface area contributed by atoms with Gasteiger partial charge in [-0.25, -0.2) is 0 Å². The number of hydrogen-bond donors (Lipinski definition) is 1. The van der Waals surface area contributed by atoms with Crippen LogP contribution in [0.1, 0.15) is 36.1 Å². The lowest BCUT2D eigenvalue weighted by Gasteiger charge is -2.18. The Morgan fingerprint density at radius 3 is 2.26 bits per heavy atom. The Morgan fingerprint density at radius 2 is 1.61 bits per heavy atom. The van der Waals surface area contributed by atoms with Gasteiger partial charge in [-0.05, 0) is 72.9 Å². The second-order valence-corrected chi connectivity index (χ2v) is 8.24. The van der Waals surface area contributed by atoms with Gasteiger partial charge in [0.15, 0.2) is 11.5 Å². The van der Waals surface area contributed by atoms with E-state index in [1.54, 1.807) is 0 Å². The quantitative estimate of drug-likeness (QED) is 0.292. The monoisotopic (exact) mass is 479 g/mol. The van der Waals surface area contributed by atoms with E-state index in [4.69, 9.17) is 9.47 Å². The van der Waals surface area contributed by atoms with E-state index >= 15 is 0 Å². The van der Waals surface area contributed by atoms with Crippen LogP contribution in [0.3, 0.4) is 0 Å². The first kappa shape index (κ1) is 23.0. The Morgan fingerprint density at radius 1 is 0.903 bits per heavy atom. The lowest BCUT2D eigenvalue weighted by molar-refractivity contribution is 0.267. The smallest absolute Gasteiger partial charge is 0.165 e. The Balaban J connectivity index is 1.80. The van der Waals surface area contributed by atoms with E-state index in [-0.39, 0.29) is 0 Å². The topological polar surface area (TPSA) is 30.5 Å². The molecule has 162 valence electrons. The van der Waals surface area contributed by atoms with Crippen LogP contribution >= 0.6 is 15.9 Å². The maximum absolute atomic E-state index is 6.23. The number of benzene rings is 3. The standard InChI is InChI=1S/C27H30BrNO2/c1-4-7-23-16-22(18-29-25-14-10-20(5-2)11-15-25)17-26(30-6-3)27(23)31-19-21-8-12-24(28)13-9-21/h4,8-17,29H,1,5-7,18-19H2,2-3H3. The van der Waals surface area contributed by atoms with Crippen LogP contribution in [-0.2, 0) is 26.0 Å². The minimum Gasteiger partial charge on any atom is -0.490 e. The van der Waals surface area contributed by atoms with E-state index in [1.807, 2.05) is 25.1 Å². The molecule has 0 unspecified atom stereocenters. The van der Waals surface area contributed by atoms with E-state index in [0.29, 0.717) is 19.8 Å². The number of nitrogens with one attached hydrogen (secondary N) is 1. The first-order valence-electron chi connectivity index (χ1n) is 10.7. The first-order valence-corrected chi connectivity index (χ1v) is 11.5. The normalized spacial score (nSPS) is 10.5. The average molecular weight is 480 g/mol. The molecule has 0 heterocycles. The summed E-state index contributed by atoms with van der Waals surface area (Å²) in [5, 5.41) is 3.51. The molecule has 0 bridgehead atoms. The summed E-state index contributed by atoms with van der Waals surface area (Å²) in [6.45, 7) is 9.86. The summed E-state index contributed by atoms with van der Waals surface area (Å²) in [5.74, 6) is 1.57. The maximum atomic E-state index is 6.23. The highest BCUT2D eigenvalue weighted by molar-refractivity contribution is 9.10. The number of rotatable bonds is 11. The van der Waals surface area contributed by atoms with Crippen LogP contribution < -0.4 is 14.8 Å². The summed E-state index contributed by atoms with van der Waals surface area (Å²) in [5.41, 5.74) is 5.78. The number of halogens is 1. The molecule has 0 amide bonds. The van der Waals surface area contributed by atoms with Gasteiger partial charge in [0.1, 0.15) is 6.61 Å². The van der Waals surface area contributed by atoms with Gasteiger partial charge in [0.05, 0.1) is 6.61 Å². The Bertz CT molecular complexity index is 981. The van der Waals surface area contributed by atoms with E-state index in [1.165, 1.54) is 5.56 Å². The van der Waals surface area contributed by atoms with Gasteiger partial charge in [-0.1, -0.05) is 53.2 Å². The van der Waals surface area contributed by atoms with Gasteiger partial charge < -0.3 is 14.8 Å². The molecule has 1 N–H and O–H groups in total. The van der Waals surface area contributed by atoms with E-state index < -0.39 is 0 Å². The van der Waals surface area contributed by atoms with Gasteiger partial charge in [0.2, 0.25) is 0 Å². The molecule has 0 saturated heterocycles. The number of anilines is 1. The average Bonchev–Trinajstić information content (AvgIpc) is 2.79. The minimum atomic E-state index is 0.485. The summed E-state index contributed by atoms with van der Waals surface area (Å²) in [7, 11) is 0. The SMILES string of the molecule is C=CCc1cc(CNc2ccc(CC)cc2)cc(OCC)c1OCc1ccc(Br)cc1. The summed E-state index contributed by atoms with van der Waals surface area (Å²) in [6, 6.07) is 21.0. The summed E-state index contributed by atoms with van der Waals surface area (Å²) < 4.78 is 13.2. The molecular formula is C27H30BrNO2. The molecule has 3 aromatic rings. The maximum Gasteiger partial charge on any atom is 0.165 e. The predicted octanol–water partition coefficient (Wildman–Crippen LogP) is 7.33. The van der Waals surface area contributed by atoms with Crippen molar-refractivity contribution in [3.63, 3.8) is 0 Å². The van der Waals surface area contributed by atoms with Crippen molar-refractivity contribution in [2.75, 3.05) is 11.9 Å². The molecule has 3 rings (SSSR count). The molecule has 31 heavy (non-hydrogen) atoms. The molecule has 0 saturated carbocycles. The highest BCUT2D eigenvalue weighted by Gasteiger charge is 2.14. The number of aryl methyl sites for hydroxylation is 1. The molecule has 0 spiro atoms. The van der Waals surface area contributed by atoms with Crippen molar-refractivity contribution in [2.24, 2.45) is 0 Å². The Labute approximate surface area is 194 Å². The van der Waals surface area contributed by atoms with Crippen molar-refractivity contribution < 1.29 is 9.47 Å². The number of ether oxygens (including phenoxy) is 2. The minimum absolute atomic E-state index is 0.485. The van der Waals surface area contributed by atoms with Crippen LogP contribution in [0.5, 0.6) is 11.5 Å². The van der Waals surface area contributed by atoms with Gasteiger partial charge in [0.25, 0.3) is 0 Å². The lowest BCUT2D eigenvalue weighted by Crippen LogP contribution is -2.06. The zero-order chi connectivity index (χ0) is 22.1. The zero-order valence-electron chi connectivity index (χ0n) is 18.3. The van der Waals surface area contributed by atoms with E-state index in [2.05, 4.69) is 83.3 Å². The van der Waals surface area contributed by atoms with Gasteiger partial charge >= 0.3 is 0 Å². The Kier molecular flexibility index (Phi) is 8.60. The van der Waals surface area contributed by atoms with Crippen molar-refractivity contribution in [3.05, 3.63) is 100 Å². The van der Waals surface area contributed by atoms with Crippen LogP contribution in [0.15, 0.2) is 77.8 Å². The molecule has 0 radical (unpaired) electrons. The summed E-state index contributed by atoms with van der Waals surface area (Å²) in [6.07, 6.45) is 3.66. The molecule has 0 aliphatic carbocycles. The second-order valence-electron chi connectivity index (χ2n) is 7.33. The highest BCUT2D eigenvalue weighted by Crippen LogP contribution is 2.35. The molecule has 0 aliphatic rings. The van der Waals surface area contributed by atoms with Crippen LogP contribution in [0, 0.1) is 0 Å². The molecule has 0 atom stereocenters. The number of hydrogen-bond acceptors (Lipinski definition) is 3. The lowest BCUT2D eigenvalue weighted by atomic mass is 10.0. The second kappa shape index (κ2) is 11.6. The third kappa shape index (κ3) is 6.63. The molecular weight excluding hydrogens is 450 g/mol. The van der Waals surface area contributed by atoms with Crippen molar-refractivity contribution >= 4 is 21.6 Å². The largest absolute Gasteiger partial charge is 0.490 e. The third-order valence-corrected chi connectivity index (χ3v) is 5.54. The van der Waals surface area contributed by atoms with Crippen LogP contribution in [0.2, 0.25) is 0 Å². The van der Waals surface area contributed by atoms with Gasteiger partial charge in [0, 0.05) is 22.3 Å². The van der Waals surface area contributed by atoms with E-state index in [9.17, 15) is 0 Å². The number of allylic oxidation sites excluding steroid dienone is 1. The van der Waals surface area contributed by atoms with Crippen molar-refractivity contribution in [3.8, 4) is 11.5 Å². The molecule has 0 aromatic heterocycles. The fourth-order valence-electron chi connectivity index (χ4n) is 3.36. The van der Waals surface area contributed by atoms with Crippen LogP contribution in [-0.4, -0.2) is 6.61 Å². The van der Waals surface area contributed by atoms with Crippen molar-refractivity contribution in [1.29, 1.82) is 0 Å². The molecule has 3 nitrogen and oxygen atoms in total. The Hall–Kier alpha value is -2.72. The zero-order valence-corrected chi connectivity index (χ0v) is 19.9. The first-order chi connectivity index (χ1) is 15.1. The van der Waals surface area contributed by atoms with Crippen molar-refractivity contribution in [2.45, 2.75) is 39.8 Å². The van der Waals surface area contributed by atoms with Gasteiger partial charge in [-0.2, -0.15) is 0 Å². The fourth-order valence-corrected chi connectivity index (χ4v) is 3.62. The van der Waals surface area contributed by atoms with Gasteiger partial charge in [-0.3, -0.25) is 0 Å².